The Labute approximate surface area is 582 Å². The molecule has 29 nitrogen and oxygen atoms in total. The van der Waals surface area contributed by atoms with Gasteiger partial charge in [0.15, 0.2) is 19.8 Å². The van der Waals surface area contributed by atoms with Crippen LogP contribution in [-0.4, -0.2) is 215 Å². The van der Waals surface area contributed by atoms with Gasteiger partial charge in [0.05, 0.1) is 56.9 Å². The van der Waals surface area contributed by atoms with E-state index in [9.17, 15) is 51.0 Å². The molecule has 100 heavy (non-hydrogen) atoms. The van der Waals surface area contributed by atoms with Gasteiger partial charge in [-0.2, -0.15) is 16.8 Å². The smallest absolute Gasteiger partial charge is 0.354 e. The molecular formula is C69H89N9O20S2. The molecule has 0 bridgehead atoms. The Hall–Kier alpha value is -9.21. The van der Waals surface area contributed by atoms with E-state index < -0.39 is 68.1 Å². The molecule has 1 aliphatic heterocycles. The molecule has 4 aromatic carbocycles. The van der Waals surface area contributed by atoms with Gasteiger partial charge in [0.25, 0.3) is 38.0 Å². The number of nitrogens with one attached hydrogen (secondary N) is 3. The van der Waals surface area contributed by atoms with Gasteiger partial charge in [0, 0.05) is 120 Å². The minimum absolute atomic E-state index is 0.0183. The second kappa shape index (κ2) is 36.7. The Morgan fingerprint density at radius 3 is 1.37 bits per heavy atom. The molecule has 542 valence electrons. The molecule has 1 saturated heterocycles. The number of hydrogen-bond acceptors (Lipinski definition) is 22. The Morgan fingerprint density at radius 1 is 0.520 bits per heavy atom. The van der Waals surface area contributed by atoms with Crippen molar-refractivity contribution in [1.29, 1.82) is 0 Å². The lowest BCUT2D eigenvalue weighted by Crippen LogP contribution is -2.48. The van der Waals surface area contributed by atoms with Gasteiger partial charge in [-0.05, 0) is 116 Å². The van der Waals surface area contributed by atoms with Crippen LogP contribution in [0.15, 0.2) is 78.9 Å². The number of ether oxygens (including phenoxy) is 7. The minimum atomic E-state index is -4.21. The number of rotatable bonds is 36. The highest BCUT2D eigenvalue weighted by Gasteiger charge is 2.29. The number of methoxy groups -OCH3 is 4. The highest BCUT2D eigenvalue weighted by molar-refractivity contribution is 7.86. The molecular weight excluding hydrogens is 1340 g/mol. The third kappa shape index (κ3) is 23.5. The molecule has 1 unspecified atom stereocenters. The number of carboxylic acid groups (broad SMARTS) is 2. The van der Waals surface area contributed by atoms with Crippen LogP contribution >= 0.6 is 0 Å². The van der Waals surface area contributed by atoms with Gasteiger partial charge in [-0.15, -0.1) is 0 Å². The van der Waals surface area contributed by atoms with E-state index in [1.807, 2.05) is 39.8 Å². The molecule has 7 rings (SSSR count). The van der Waals surface area contributed by atoms with E-state index >= 15 is 0 Å². The van der Waals surface area contributed by atoms with Crippen LogP contribution in [0.2, 0.25) is 0 Å². The second-order valence-corrected chi connectivity index (χ2v) is 27.2. The van der Waals surface area contributed by atoms with Crippen molar-refractivity contribution in [2.75, 3.05) is 119 Å². The molecule has 9 N–H and O–H groups in total. The van der Waals surface area contributed by atoms with Crippen molar-refractivity contribution >= 4 is 49.9 Å². The summed E-state index contributed by atoms with van der Waals surface area (Å²) in [6.07, 6.45) is 1.74. The molecule has 2 aromatic heterocycles. The number of nitrogens with zero attached hydrogens (tertiary/aromatic N) is 5. The normalized spacial score (nSPS) is 14.0. The van der Waals surface area contributed by atoms with Crippen molar-refractivity contribution in [2.24, 2.45) is 5.73 Å². The summed E-state index contributed by atoms with van der Waals surface area (Å²) in [6.45, 7) is 10.1. The zero-order valence-electron chi connectivity index (χ0n) is 57.4. The van der Waals surface area contributed by atoms with Crippen molar-refractivity contribution in [3.05, 3.63) is 124 Å². The number of carbonyl (C=O) groups excluding carboxylic acids is 3. The van der Waals surface area contributed by atoms with Crippen molar-refractivity contribution < 1.29 is 93.3 Å². The van der Waals surface area contributed by atoms with Crippen LogP contribution in [0.1, 0.15) is 87.2 Å². The summed E-state index contributed by atoms with van der Waals surface area (Å²) in [7, 11) is -2.57. The lowest BCUT2D eigenvalue weighted by Gasteiger charge is -2.34. The number of unbranched alkanes of at least 4 members (excludes halogenated alkanes) is 1. The zero-order valence-corrected chi connectivity index (χ0v) is 59.0. The highest BCUT2D eigenvalue weighted by atomic mass is 32.2. The van der Waals surface area contributed by atoms with E-state index in [4.69, 9.17) is 48.0 Å². The molecule has 3 amide bonds. The van der Waals surface area contributed by atoms with Crippen molar-refractivity contribution in [3.63, 3.8) is 0 Å². The SMILES string of the molecule is CCCCNC(=O)COc1cc(C)c(-c2cc(CN3CCN(Cc4cc(C)cc(-c5c(C)cc(OCC(=O)NCCCS(=O)(=O)O)cc5OC)c4)CCN(Cc4cc(-c5c(OC)cc(OCC(=O)NCCCS(=O)(=O)O)cc5OC)cc(C(=O)O)n4)CC3CN)nc(C(=O)O)c2)c(OC)c1. The van der Waals surface area contributed by atoms with Crippen LogP contribution in [-0.2, 0) is 54.3 Å². The van der Waals surface area contributed by atoms with Gasteiger partial charge >= 0.3 is 11.9 Å². The fraction of sp³-hybridized carbons (Fsp3) is 0.435. The number of aromatic nitrogens is 2. The van der Waals surface area contributed by atoms with Gasteiger partial charge in [-0.25, -0.2) is 19.6 Å². The number of aryl methyl sites for hydroxylation is 3. The largest absolute Gasteiger partial charge is 0.496 e. The minimum Gasteiger partial charge on any atom is -0.496 e. The Kier molecular flexibility index (Phi) is 28.7. The fourth-order valence-electron chi connectivity index (χ4n) is 11.6. The van der Waals surface area contributed by atoms with Crippen LogP contribution < -0.4 is 54.8 Å². The topological polar surface area (TPSA) is 397 Å². The number of carboxylic acids is 2. The first-order chi connectivity index (χ1) is 47.6. The van der Waals surface area contributed by atoms with Crippen molar-refractivity contribution in [3.8, 4) is 73.6 Å². The average Bonchev–Trinajstić information content (AvgIpc) is 0.821. The van der Waals surface area contributed by atoms with Crippen LogP contribution in [0.25, 0.3) is 33.4 Å². The van der Waals surface area contributed by atoms with E-state index in [2.05, 4.69) is 52.8 Å². The van der Waals surface area contributed by atoms with Crippen LogP contribution in [0.4, 0.5) is 0 Å². The summed E-state index contributed by atoms with van der Waals surface area (Å²) in [4.78, 5) is 79.8. The lowest BCUT2D eigenvalue weighted by molar-refractivity contribution is -0.123. The van der Waals surface area contributed by atoms with Crippen molar-refractivity contribution in [2.45, 2.75) is 79.1 Å². The fourth-order valence-corrected chi connectivity index (χ4v) is 12.6. The van der Waals surface area contributed by atoms with E-state index in [1.165, 1.54) is 52.7 Å². The predicted octanol–water partition coefficient (Wildman–Crippen LogP) is 5.82. The molecule has 1 aliphatic rings. The Morgan fingerprint density at radius 2 is 0.930 bits per heavy atom. The van der Waals surface area contributed by atoms with E-state index in [1.54, 1.807) is 30.3 Å². The predicted molar refractivity (Wildman–Crippen MR) is 372 cm³/mol. The number of hydrogen-bond donors (Lipinski definition) is 8. The monoisotopic (exact) mass is 1430 g/mol. The molecule has 1 atom stereocenters. The van der Waals surface area contributed by atoms with Gasteiger partial charge in [0.2, 0.25) is 0 Å². The molecule has 1 fully saturated rings. The Balaban J connectivity index is 1.23. The second-order valence-electron chi connectivity index (χ2n) is 24.0. The number of amides is 3. The quantitative estimate of drug-likeness (QED) is 0.0170. The number of pyridine rings is 2. The summed E-state index contributed by atoms with van der Waals surface area (Å²) in [5.41, 5.74) is 13.8. The highest BCUT2D eigenvalue weighted by Crippen LogP contribution is 2.43. The Bertz CT molecular complexity index is 4100. The first kappa shape index (κ1) is 78.1. The van der Waals surface area contributed by atoms with Gasteiger partial charge in [-0.1, -0.05) is 31.0 Å². The number of nitrogens with two attached hydrogens (primary N) is 1. The summed E-state index contributed by atoms with van der Waals surface area (Å²) in [6, 6.07) is 22.1. The van der Waals surface area contributed by atoms with E-state index in [0.29, 0.717) is 108 Å². The third-order valence-corrected chi connectivity index (χ3v) is 17.9. The zero-order chi connectivity index (χ0) is 72.8. The molecule has 3 heterocycles. The van der Waals surface area contributed by atoms with Crippen LogP contribution in [0, 0.1) is 20.8 Å². The number of carbonyl (C=O) groups is 5. The standard InChI is InChI=1S/C69H89N9O20S2/c1-9-10-13-71-62(79)40-96-54-25-45(4)66(59(32-54)93-6)48-27-51(75-56(29-48)68(82)83)38-78-19-18-76(36-46-22-43(2)23-47(26-46)65-44(3)24-53(31-58(65)92-5)97-41-63(80)72-14-11-20-99(86,87)88)16-17-77(39-52(78)35-70)37-50-28-49(30-57(74-50)69(84)85)67-60(94-7)33-55(34-61(67)95-8)98-42-64(81)73-15-12-21-100(89,90)91/h22-34,52H,9-21,35-42,70H2,1-8H3,(H,71,79)(H,72,80)(H,73,81)(H,82,83)(H,84,85)(H,86,87,88)(H,89,90,91). The molecule has 0 radical (unpaired) electrons. The molecule has 31 heteroatoms. The summed E-state index contributed by atoms with van der Waals surface area (Å²) < 4.78 is 104. The van der Waals surface area contributed by atoms with Crippen LogP contribution in [0.5, 0.6) is 40.2 Å². The molecule has 6 aromatic rings. The maximum atomic E-state index is 13.0. The molecule has 0 saturated carbocycles. The first-order valence-corrected chi connectivity index (χ1v) is 35.5. The first-order valence-electron chi connectivity index (χ1n) is 32.3. The van der Waals surface area contributed by atoms with Gasteiger partial charge in [-0.3, -0.25) is 38.2 Å². The molecule has 0 aliphatic carbocycles. The maximum Gasteiger partial charge on any atom is 0.354 e. The van der Waals surface area contributed by atoms with Gasteiger partial charge in [0.1, 0.15) is 51.6 Å². The summed E-state index contributed by atoms with van der Waals surface area (Å²) >= 11 is 0. The van der Waals surface area contributed by atoms with Gasteiger partial charge < -0.3 is 65.1 Å². The number of aromatic carboxylic acids is 2. The number of benzene rings is 4. The van der Waals surface area contributed by atoms with E-state index in [-0.39, 0.29) is 93.3 Å². The molecule has 0 spiro atoms. The summed E-state index contributed by atoms with van der Waals surface area (Å²) in [5, 5.41) is 29.2. The average molecular weight is 1430 g/mol. The van der Waals surface area contributed by atoms with Crippen molar-refractivity contribution in [1.82, 2.24) is 40.6 Å². The lowest BCUT2D eigenvalue weighted by atomic mass is 9.95. The maximum absolute atomic E-state index is 13.0. The van der Waals surface area contributed by atoms with E-state index in [0.717, 1.165) is 40.7 Å². The third-order valence-electron chi connectivity index (χ3n) is 16.3. The van der Waals surface area contributed by atoms with Crippen LogP contribution in [0.3, 0.4) is 0 Å². The summed E-state index contributed by atoms with van der Waals surface area (Å²) in [5.74, 6) is -2.82.